The van der Waals surface area contributed by atoms with Crippen molar-refractivity contribution in [2.45, 2.75) is 50.7 Å². The zero-order valence-corrected chi connectivity index (χ0v) is 9.76. The van der Waals surface area contributed by atoms with Crippen molar-refractivity contribution in [3.05, 3.63) is 0 Å². The lowest BCUT2D eigenvalue weighted by molar-refractivity contribution is -0.0582. The van der Waals surface area contributed by atoms with Crippen LogP contribution in [-0.2, 0) is 9.47 Å². The summed E-state index contributed by atoms with van der Waals surface area (Å²) in [6, 6.07) is 0. The minimum absolute atomic E-state index is 0.0663. The number of hydrogen-bond acceptors (Lipinski definition) is 3. The Morgan fingerprint density at radius 2 is 2.40 bits per heavy atom. The monoisotopic (exact) mass is 213 g/mol. The van der Waals surface area contributed by atoms with Crippen molar-refractivity contribution >= 4 is 0 Å². The van der Waals surface area contributed by atoms with Crippen LogP contribution in [-0.4, -0.2) is 38.0 Å². The van der Waals surface area contributed by atoms with E-state index in [1.54, 1.807) is 0 Å². The molecule has 3 heteroatoms. The number of piperidine rings is 1. The van der Waals surface area contributed by atoms with Crippen molar-refractivity contribution in [2.24, 2.45) is 0 Å². The van der Waals surface area contributed by atoms with Gasteiger partial charge in [-0.05, 0) is 45.6 Å². The lowest BCUT2D eigenvalue weighted by atomic mass is 9.96. The van der Waals surface area contributed by atoms with E-state index >= 15 is 0 Å². The first kappa shape index (κ1) is 11.4. The van der Waals surface area contributed by atoms with E-state index in [1.165, 1.54) is 25.7 Å². The molecule has 2 aliphatic heterocycles. The number of nitrogens with one attached hydrogen (secondary N) is 1. The quantitative estimate of drug-likeness (QED) is 0.771. The molecule has 0 aromatic carbocycles. The molecular formula is C12H23NO2. The summed E-state index contributed by atoms with van der Waals surface area (Å²) in [7, 11) is 0. The van der Waals surface area contributed by atoms with Crippen LogP contribution in [0.15, 0.2) is 0 Å². The molecule has 0 amide bonds. The van der Waals surface area contributed by atoms with Gasteiger partial charge in [-0.1, -0.05) is 0 Å². The predicted octanol–water partition coefficient (Wildman–Crippen LogP) is 1.71. The van der Waals surface area contributed by atoms with E-state index in [0.717, 1.165) is 32.7 Å². The smallest absolute Gasteiger partial charge is 0.0778 e. The second kappa shape index (κ2) is 5.28. The van der Waals surface area contributed by atoms with Crippen molar-refractivity contribution in [2.75, 3.05) is 26.3 Å². The fourth-order valence-corrected chi connectivity index (χ4v) is 2.46. The van der Waals surface area contributed by atoms with Gasteiger partial charge in [-0.2, -0.15) is 0 Å². The molecule has 2 rings (SSSR count). The number of rotatable bonds is 4. The van der Waals surface area contributed by atoms with E-state index in [2.05, 4.69) is 12.2 Å². The summed E-state index contributed by atoms with van der Waals surface area (Å²) < 4.78 is 11.6. The lowest BCUT2D eigenvalue weighted by Gasteiger charge is -2.34. The number of hydrogen-bond donors (Lipinski definition) is 1. The predicted molar refractivity (Wildman–Crippen MR) is 60.1 cm³/mol. The largest absolute Gasteiger partial charge is 0.378 e. The van der Waals surface area contributed by atoms with Crippen molar-refractivity contribution in [3.8, 4) is 0 Å². The van der Waals surface area contributed by atoms with Crippen LogP contribution in [0.25, 0.3) is 0 Å². The van der Waals surface area contributed by atoms with Gasteiger partial charge in [-0.25, -0.2) is 0 Å². The Labute approximate surface area is 92.5 Å². The molecule has 2 saturated heterocycles. The first-order valence-corrected chi connectivity index (χ1v) is 6.25. The van der Waals surface area contributed by atoms with Gasteiger partial charge < -0.3 is 14.8 Å². The molecule has 2 fully saturated rings. The van der Waals surface area contributed by atoms with Crippen LogP contribution in [0, 0.1) is 0 Å². The highest BCUT2D eigenvalue weighted by Crippen LogP contribution is 2.22. The fraction of sp³-hybridized carbons (Fsp3) is 1.00. The first-order valence-electron chi connectivity index (χ1n) is 6.25. The molecule has 0 aromatic rings. The van der Waals surface area contributed by atoms with Crippen LogP contribution in [0.3, 0.4) is 0 Å². The zero-order chi connectivity index (χ0) is 10.6. The van der Waals surface area contributed by atoms with Crippen molar-refractivity contribution in [1.29, 1.82) is 0 Å². The van der Waals surface area contributed by atoms with Gasteiger partial charge in [0.25, 0.3) is 0 Å². The molecule has 0 spiro atoms. The molecule has 2 heterocycles. The summed E-state index contributed by atoms with van der Waals surface area (Å²) in [4.78, 5) is 0. The maximum absolute atomic E-state index is 5.99. The minimum Gasteiger partial charge on any atom is -0.378 e. The third-order valence-electron chi connectivity index (χ3n) is 3.47. The van der Waals surface area contributed by atoms with Crippen LogP contribution in [0.4, 0.5) is 0 Å². The molecule has 3 nitrogen and oxygen atoms in total. The van der Waals surface area contributed by atoms with Crippen LogP contribution >= 0.6 is 0 Å². The maximum Gasteiger partial charge on any atom is 0.0778 e. The summed E-state index contributed by atoms with van der Waals surface area (Å²) in [6.45, 7) is 6.16. The highest BCUT2D eigenvalue weighted by molar-refractivity contribution is 4.82. The molecule has 15 heavy (non-hydrogen) atoms. The third kappa shape index (κ3) is 3.44. The van der Waals surface area contributed by atoms with E-state index in [9.17, 15) is 0 Å². The summed E-state index contributed by atoms with van der Waals surface area (Å²) in [6.07, 6.45) is 6.39. The normalized spacial score (nSPS) is 37.0. The van der Waals surface area contributed by atoms with Crippen LogP contribution in [0.1, 0.15) is 39.0 Å². The Kier molecular flexibility index (Phi) is 4.00. The molecule has 1 N–H and O–H groups in total. The van der Waals surface area contributed by atoms with Crippen LogP contribution < -0.4 is 5.32 Å². The van der Waals surface area contributed by atoms with E-state index in [4.69, 9.17) is 9.47 Å². The van der Waals surface area contributed by atoms with Crippen molar-refractivity contribution in [3.63, 3.8) is 0 Å². The second-order valence-corrected chi connectivity index (χ2v) is 5.00. The van der Waals surface area contributed by atoms with Crippen molar-refractivity contribution in [1.82, 2.24) is 5.32 Å². The Balaban J connectivity index is 1.63. The van der Waals surface area contributed by atoms with Gasteiger partial charge in [0, 0.05) is 19.8 Å². The average Bonchev–Trinajstić information content (AvgIpc) is 2.71. The van der Waals surface area contributed by atoms with Gasteiger partial charge in [-0.3, -0.25) is 0 Å². The molecule has 0 saturated carbocycles. The SMILES string of the molecule is CC1(OCCC2CCCO2)CCCNC1. The molecule has 88 valence electrons. The molecule has 0 radical (unpaired) electrons. The minimum atomic E-state index is 0.0663. The summed E-state index contributed by atoms with van der Waals surface area (Å²) in [5, 5.41) is 3.40. The summed E-state index contributed by atoms with van der Waals surface area (Å²) >= 11 is 0. The van der Waals surface area contributed by atoms with Gasteiger partial charge in [-0.15, -0.1) is 0 Å². The second-order valence-electron chi connectivity index (χ2n) is 5.00. The Morgan fingerprint density at radius 1 is 1.47 bits per heavy atom. The lowest BCUT2D eigenvalue weighted by Crippen LogP contribution is -2.45. The maximum atomic E-state index is 5.99. The molecule has 0 aromatic heterocycles. The van der Waals surface area contributed by atoms with Gasteiger partial charge in [0.15, 0.2) is 0 Å². The van der Waals surface area contributed by atoms with E-state index in [0.29, 0.717) is 6.10 Å². The number of ether oxygens (including phenoxy) is 2. The van der Waals surface area contributed by atoms with E-state index in [-0.39, 0.29) is 5.60 Å². The highest BCUT2D eigenvalue weighted by Gasteiger charge is 2.27. The van der Waals surface area contributed by atoms with Gasteiger partial charge in [0.2, 0.25) is 0 Å². The van der Waals surface area contributed by atoms with E-state index in [1.807, 2.05) is 0 Å². The van der Waals surface area contributed by atoms with Gasteiger partial charge in [0.05, 0.1) is 11.7 Å². The van der Waals surface area contributed by atoms with E-state index < -0.39 is 0 Å². The Hall–Kier alpha value is -0.120. The molecule has 0 aliphatic carbocycles. The average molecular weight is 213 g/mol. The van der Waals surface area contributed by atoms with Crippen molar-refractivity contribution < 1.29 is 9.47 Å². The molecule has 2 aliphatic rings. The molecule has 2 atom stereocenters. The standard InChI is InChI=1S/C12H23NO2/c1-12(6-3-7-13-10-12)15-9-5-11-4-2-8-14-11/h11,13H,2-10H2,1H3. The Bertz CT molecular complexity index is 184. The van der Waals surface area contributed by atoms with Gasteiger partial charge in [0.1, 0.15) is 0 Å². The summed E-state index contributed by atoms with van der Waals surface area (Å²) in [5.74, 6) is 0. The molecular weight excluding hydrogens is 190 g/mol. The van der Waals surface area contributed by atoms with Crippen LogP contribution in [0.2, 0.25) is 0 Å². The Morgan fingerprint density at radius 3 is 3.07 bits per heavy atom. The molecule has 0 bridgehead atoms. The topological polar surface area (TPSA) is 30.5 Å². The summed E-state index contributed by atoms with van der Waals surface area (Å²) in [5.41, 5.74) is 0.0663. The zero-order valence-electron chi connectivity index (χ0n) is 9.76. The fourth-order valence-electron chi connectivity index (χ4n) is 2.46. The first-order chi connectivity index (χ1) is 7.29. The van der Waals surface area contributed by atoms with Gasteiger partial charge >= 0.3 is 0 Å². The molecule has 2 unspecified atom stereocenters. The highest BCUT2D eigenvalue weighted by atomic mass is 16.5. The van der Waals surface area contributed by atoms with Crippen LogP contribution in [0.5, 0.6) is 0 Å². The third-order valence-corrected chi connectivity index (χ3v) is 3.47.